The summed E-state index contributed by atoms with van der Waals surface area (Å²) in [6.07, 6.45) is 5.80. The molecular weight excluding hydrogens is 236 g/mol. The second-order valence-electron chi connectivity index (χ2n) is 5.33. The molecule has 2 rings (SSSR count). The minimum absolute atomic E-state index is 0.665. The third-order valence-corrected chi connectivity index (χ3v) is 3.00. The Morgan fingerprint density at radius 2 is 2.16 bits per heavy atom. The molecule has 2 heterocycles. The SMILES string of the molecule is Cc1cccnc1Cn1cnc(CNCC(C)C)c1. The van der Waals surface area contributed by atoms with E-state index in [0.717, 1.165) is 31.0 Å². The first-order chi connectivity index (χ1) is 9.15. The Bertz CT molecular complexity index is 516. The summed E-state index contributed by atoms with van der Waals surface area (Å²) in [4.78, 5) is 8.82. The van der Waals surface area contributed by atoms with Gasteiger partial charge in [-0.2, -0.15) is 0 Å². The summed E-state index contributed by atoms with van der Waals surface area (Å²) in [5, 5.41) is 3.40. The molecule has 0 unspecified atom stereocenters. The van der Waals surface area contributed by atoms with Gasteiger partial charge in [0.1, 0.15) is 0 Å². The molecule has 0 spiro atoms. The van der Waals surface area contributed by atoms with E-state index >= 15 is 0 Å². The lowest BCUT2D eigenvalue weighted by Crippen LogP contribution is -2.19. The standard InChI is InChI=1S/C15H22N4/c1-12(2)7-16-8-14-9-19(11-18-14)10-15-13(3)5-4-6-17-15/h4-6,9,11-12,16H,7-8,10H2,1-3H3. The highest BCUT2D eigenvalue weighted by Crippen LogP contribution is 2.06. The van der Waals surface area contributed by atoms with Crippen molar-refractivity contribution >= 4 is 0 Å². The minimum atomic E-state index is 0.665. The topological polar surface area (TPSA) is 42.7 Å². The van der Waals surface area contributed by atoms with Crippen LogP contribution in [0.2, 0.25) is 0 Å². The summed E-state index contributed by atoms with van der Waals surface area (Å²) >= 11 is 0. The van der Waals surface area contributed by atoms with Crippen LogP contribution >= 0.6 is 0 Å². The predicted octanol–water partition coefficient (Wildman–Crippen LogP) is 2.38. The number of hydrogen-bond donors (Lipinski definition) is 1. The van der Waals surface area contributed by atoms with Crippen molar-refractivity contribution in [1.29, 1.82) is 0 Å². The fraction of sp³-hybridized carbons (Fsp3) is 0.467. The maximum atomic E-state index is 4.41. The molecule has 2 aromatic heterocycles. The van der Waals surface area contributed by atoms with Crippen molar-refractivity contribution in [2.24, 2.45) is 5.92 Å². The Morgan fingerprint density at radius 1 is 1.32 bits per heavy atom. The van der Waals surface area contributed by atoms with E-state index in [0.29, 0.717) is 5.92 Å². The summed E-state index contributed by atoms with van der Waals surface area (Å²) in [5.74, 6) is 0.665. The van der Waals surface area contributed by atoms with E-state index in [-0.39, 0.29) is 0 Å². The summed E-state index contributed by atoms with van der Waals surface area (Å²) in [7, 11) is 0. The van der Waals surface area contributed by atoms with Gasteiger partial charge in [0.25, 0.3) is 0 Å². The van der Waals surface area contributed by atoms with Crippen molar-refractivity contribution in [3.8, 4) is 0 Å². The Kier molecular flexibility index (Phi) is 4.68. The minimum Gasteiger partial charge on any atom is -0.331 e. The number of aromatic nitrogens is 3. The molecule has 4 nitrogen and oxygen atoms in total. The molecular formula is C15H22N4. The average Bonchev–Trinajstić information content (AvgIpc) is 2.79. The molecule has 0 amide bonds. The molecule has 0 aliphatic rings. The summed E-state index contributed by atoms with van der Waals surface area (Å²) < 4.78 is 2.09. The third-order valence-electron chi connectivity index (χ3n) is 3.00. The predicted molar refractivity (Wildman–Crippen MR) is 76.8 cm³/mol. The van der Waals surface area contributed by atoms with Crippen LogP contribution in [0.1, 0.15) is 30.8 Å². The molecule has 19 heavy (non-hydrogen) atoms. The van der Waals surface area contributed by atoms with Gasteiger partial charge in [-0.3, -0.25) is 4.98 Å². The van der Waals surface area contributed by atoms with Crippen molar-refractivity contribution in [3.05, 3.63) is 47.8 Å². The van der Waals surface area contributed by atoms with Gasteiger partial charge < -0.3 is 9.88 Å². The van der Waals surface area contributed by atoms with Crippen molar-refractivity contribution in [2.45, 2.75) is 33.9 Å². The number of nitrogens with one attached hydrogen (secondary N) is 1. The van der Waals surface area contributed by atoms with Crippen LogP contribution in [0.3, 0.4) is 0 Å². The number of nitrogens with zero attached hydrogens (tertiary/aromatic N) is 3. The van der Waals surface area contributed by atoms with Crippen LogP contribution in [0.15, 0.2) is 30.9 Å². The molecule has 0 saturated carbocycles. The first-order valence-corrected chi connectivity index (χ1v) is 6.77. The Morgan fingerprint density at radius 3 is 2.89 bits per heavy atom. The van der Waals surface area contributed by atoms with Gasteiger partial charge in [-0.05, 0) is 31.0 Å². The summed E-state index contributed by atoms with van der Waals surface area (Å²) in [6, 6.07) is 4.05. The quantitative estimate of drug-likeness (QED) is 0.865. The van der Waals surface area contributed by atoms with Crippen LogP contribution in [0.5, 0.6) is 0 Å². The van der Waals surface area contributed by atoms with Gasteiger partial charge >= 0.3 is 0 Å². The van der Waals surface area contributed by atoms with Gasteiger partial charge in [0.2, 0.25) is 0 Å². The largest absolute Gasteiger partial charge is 0.331 e. The van der Waals surface area contributed by atoms with Gasteiger partial charge in [0, 0.05) is 18.9 Å². The summed E-state index contributed by atoms with van der Waals surface area (Å²) in [5.41, 5.74) is 3.39. The Labute approximate surface area is 114 Å². The molecule has 0 aromatic carbocycles. The molecule has 0 bridgehead atoms. The van der Waals surface area contributed by atoms with Crippen LogP contribution < -0.4 is 5.32 Å². The molecule has 0 saturated heterocycles. The number of rotatable bonds is 6. The van der Waals surface area contributed by atoms with Gasteiger partial charge in [0.05, 0.1) is 24.3 Å². The zero-order valence-corrected chi connectivity index (χ0v) is 11.9. The zero-order valence-electron chi connectivity index (χ0n) is 11.9. The van der Waals surface area contributed by atoms with Crippen molar-refractivity contribution in [1.82, 2.24) is 19.9 Å². The van der Waals surface area contributed by atoms with Crippen molar-refractivity contribution < 1.29 is 0 Å². The Balaban J connectivity index is 1.92. The summed E-state index contributed by atoms with van der Waals surface area (Å²) in [6.45, 7) is 9.12. The van der Waals surface area contributed by atoms with Gasteiger partial charge in [0.15, 0.2) is 0 Å². The van der Waals surface area contributed by atoms with Crippen LogP contribution in [0.4, 0.5) is 0 Å². The molecule has 0 aliphatic carbocycles. The van der Waals surface area contributed by atoms with Crippen molar-refractivity contribution in [2.75, 3.05) is 6.54 Å². The van der Waals surface area contributed by atoms with Gasteiger partial charge in [-0.25, -0.2) is 4.98 Å². The maximum absolute atomic E-state index is 4.41. The highest BCUT2D eigenvalue weighted by molar-refractivity contribution is 5.18. The maximum Gasteiger partial charge on any atom is 0.0953 e. The molecule has 102 valence electrons. The van der Waals surface area contributed by atoms with Gasteiger partial charge in [-0.15, -0.1) is 0 Å². The van der Waals surface area contributed by atoms with E-state index in [9.17, 15) is 0 Å². The van der Waals surface area contributed by atoms with Crippen LogP contribution in [-0.4, -0.2) is 21.1 Å². The highest BCUT2D eigenvalue weighted by Gasteiger charge is 2.03. The number of imidazole rings is 1. The highest BCUT2D eigenvalue weighted by atomic mass is 15.1. The molecule has 0 radical (unpaired) electrons. The van der Waals surface area contributed by atoms with E-state index in [1.54, 1.807) is 0 Å². The number of pyridine rings is 1. The average molecular weight is 258 g/mol. The monoisotopic (exact) mass is 258 g/mol. The van der Waals surface area contributed by atoms with E-state index in [4.69, 9.17) is 0 Å². The van der Waals surface area contributed by atoms with Gasteiger partial charge in [-0.1, -0.05) is 19.9 Å². The van der Waals surface area contributed by atoms with Crippen LogP contribution in [-0.2, 0) is 13.1 Å². The smallest absolute Gasteiger partial charge is 0.0953 e. The first kappa shape index (κ1) is 13.7. The van der Waals surface area contributed by atoms with E-state index < -0.39 is 0 Å². The molecule has 0 aliphatic heterocycles. The normalized spacial score (nSPS) is 11.2. The van der Waals surface area contributed by atoms with Crippen LogP contribution in [0.25, 0.3) is 0 Å². The third kappa shape index (κ3) is 4.17. The second-order valence-corrected chi connectivity index (χ2v) is 5.33. The molecule has 4 heteroatoms. The number of aryl methyl sites for hydroxylation is 1. The lowest BCUT2D eigenvalue weighted by atomic mass is 10.2. The Hall–Kier alpha value is -1.68. The fourth-order valence-corrected chi connectivity index (χ4v) is 1.93. The van der Waals surface area contributed by atoms with E-state index in [1.807, 2.05) is 18.6 Å². The molecule has 2 aromatic rings. The second kappa shape index (κ2) is 6.48. The number of hydrogen-bond acceptors (Lipinski definition) is 3. The molecule has 0 atom stereocenters. The van der Waals surface area contributed by atoms with Crippen molar-refractivity contribution in [3.63, 3.8) is 0 Å². The first-order valence-electron chi connectivity index (χ1n) is 6.77. The lowest BCUT2D eigenvalue weighted by Gasteiger charge is -2.05. The van der Waals surface area contributed by atoms with E-state index in [2.05, 4.69) is 52.9 Å². The zero-order chi connectivity index (χ0) is 13.7. The van der Waals surface area contributed by atoms with Crippen LogP contribution in [0, 0.1) is 12.8 Å². The molecule has 0 fully saturated rings. The fourth-order valence-electron chi connectivity index (χ4n) is 1.93. The lowest BCUT2D eigenvalue weighted by molar-refractivity contribution is 0.548. The van der Waals surface area contributed by atoms with E-state index in [1.165, 1.54) is 5.56 Å². The molecule has 1 N–H and O–H groups in total.